The number of nitrogens with zero attached hydrogens (tertiary/aromatic N) is 5. The number of hydrogen-bond acceptors (Lipinski definition) is 8. The Morgan fingerprint density at radius 3 is 2.60 bits per heavy atom. The van der Waals surface area contributed by atoms with Crippen LogP contribution < -0.4 is 11.3 Å². The number of nitrogen functional groups attached to an aromatic ring is 1. The average Bonchev–Trinajstić information content (AvgIpc) is 2.85. The Labute approximate surface area is 118 Å². The van der Waals surface area contributed by atoms with Crippen molar-refractivity contribution >= 4 is 28.7 Å². The van der Waals surface area contributed by atoms with Crippen LogP contribution in [0.5, 0.6) is 0 Å². The normalized spacial score (nSPS) is 10.9. The number of aromatic nitrogens is 6. The highest BCUT2D eigenvalue weighted by atomic mass is 32.2. The fourth-order valence-corrected chi connectivity index (χ4v) is 2.72. The fraction of sp³-hybridized carbons (Fsp3) is 0.182. The van der Waals surface area contributed by atoms with Crippen LogP contribution in [0.25, 0.3) is 11.0 Å². The molecule has 0 amide bonds. The SMILES string of the molecule is Cc1cc(C)nc(Sc2nc(NN)nc3[nH]ncc23)n1. The molecule has 0 saturated carbocycles. The summed E-state index contributed by atoms with van der Waals surface area (Å²) in [7, 11) is 0. The number of nitrogens with two attached hydrogens (primary N) is 1. The van der Waals surface area contributed by atoms with Crippen molar-refractivity contribution in [3.8, 4) is 0 Å². The van der Waals surface area contributed by atoms with E-state index in [2.05, 4.69) is 35.6 Å². The summed E-state index contributed by atoms with van der Waals surface area (Å²) in [5.74, 6) is 5.68. The number of aryl methyl sites for hydroxylation is 2. The van der Waals surface area contributed by atoms with Crippen molar-refractivity contribution in [3.63, 3.8) is 0 Å². The van der Waals surface area contributed by atoms with Gasteiger partial charge < -0.3 is 0 Å². The van der Waals surface area contributed by atoms with Crippen LogP contribution in [0.3, 0.4) is 0 Å². The molecule has 20 heavy (non-hydrogen) atoms. The third kappa shape index (κ3) is 2.40. The second kappa shape index (κ2) is 5.02. The molecule has 3 aromatic heterocycles. The van der Waals surface area contributed by atoms with Crippen LogP contribution in [0.2, 0.25) is 0 Å². The first-order valence-corrected chi connectivity index (χ1v) is 6.65. The number of rotatable bonds is 3. The van der Waals surface area contributed by atoms with Crippen molar-refractivity contribution in [3.05, 3.63) is 23.7 Å². The minimum absolute atomic E-state index is 0.314. The van der Waals surface area contributed by atoms with Crippen LogP contribution in [-0.4, -0.2) is 30.1 Å². The molecule has 0 spiro atoms. The molecule has 0 saturated heterocycles. The average molecular weight is 288 g/mol. The predicted molar refractivity (Wildman–Crippen MR) is 75.1 cm³/mol. The lowest BCUT2D eigenvalue weighted by Gasteiger charge is -2.05. The van der Waals surface area contributed by atoms with Gasteiger partial charge in [-0.15, -0.1) is 0 Å². The molecule has 0 atom stereocenters. The maximum atomic E-state index is 5.37. The van der Waals surface area contributed by atoms with Crippen LogP contribution in [0, 0.1) is 13.8 Å². The van der Waals surface area contributed by atoms with E-state index in [1.807, 2.05) is 19.9 Å². The van der Waals surface area contributed by atoms with Gasteiger partial charge in [0, 0.05) is 11.4 Å². The second-order valence-electron chi connectivity index (χ2n) is 4.16. The van der Waals surface area contributed by atoms with Gasteiger partial charge in [0.15, 0.2) is 10.8 Å². The molecule has 3 aromatic rings. The van der Waals surface area contributed by atoms with E-state index in [-0.39, 0.29) is 0 Å². The second-order valence-corrected chi connectivity index (χ2v) is 5.12. The quantitative estimate of drug-likeness (QED) is 0.285. The number of hydrazine groups is 1. The van der Waals surface area contributed by atoms with Gasteiger partial charge in [0.2, 0.25) is 5.95 Å². The molecular formula is C11H12N8S. The number of aromatic amines is 1. The van der Waals surface area contributed by atoms with Gasteiger partial charge in [0.1, 0.15) is 5.03 Å². The molecule has 0 unspecified atom stereocenters. The summed E-state index contributed by atoms with van der Waals surface area (Å²) in [6, 6.07) is 1.92. The zero-order chi connectivity index (χ0) is 14.1. The van der Waals surface area contributed by atoms with Gasteiger partial charge in [-0.25, -0.2) is 20.8 Å². The first-order valence-electron chi connectivity index (χ1n) is 5.83. The molecule has 9 heteroatoms. The van der Waals surface area contributed by atoms with Crippen LogP contribution in [0.15, 0.2) is 22.4 Å². The van der Waals surface area contributed by atoms with E-state index < -0.39 is 0 Å². The number of hydrogen-bond donors (Lipinski definition) is 3. The van der Waals surface area contributed by atoms with Crippen molar-refractivity contribution in [1.82, 2.24) is 30.1 Å². The van der Waals surface area contributed by atoms with Crippen molar-refractivity contribution < 1.29 is 0 Å². The monoisotopic (exact) mass is 288 g/mol. The largest absolute Gasteiger partial charge is 0.292 e. The Balaban J connectivity index is 2.07. The standard InChI is InChI=1S/C11H12N8S/c1-5-3-6(2)15-11(14-5)20-9-7-4-13-19-8(7)16-10(17-9)18-12/h3-4H,12H2,1-2H3,(H2,13,16,17,18,19). The highest BCUT2D eigenvalue weighted by molar-refractivity contribution is 7.99. The molecule has 0 aromatic carbocycles. The predicted octanol–water partition coefficient (Wildman–Crippen LogP) is 1.20. The van der Waals surface area contributed by atoms with Gasteiger partial charge in [0.05, 0.1) is 11.6 Å². The highest BCUT2D eigenvalue weighted by Gasteiger charge is 2.12. The minimum atomic E-state index is 0.314. The Morgan fingerprint density at radius 1 is 1.15 bits per heavy atom. The summed E-state index contributed by atoms with van der Waals surface area (Å²) in [5.41, 5.74) is 4.87. The van der Waals surface area contributed by atoms with Gasteiger partial charge in [-0.2, -0.15) is 10.1 Å². The fourth-order valence-electron chi connectivity index (χ4n) is 1.78. The smallest absolute Gasteiger partial charge is 0.240 e. The summed E-state index contributed by atoms with van der Waals surface area (Å²) in [5, 5.41) is 8.89. The number of nitrogens with one attached hydrogen (secondary N) is 2. The van der Waals surface area contributed by atoms with Gasteiger partial charge >= 0.3 is 0 Å². The molecule has 102 valence electrons. The van der Waals surface area contributed by atoms with E-state index >= 15 is 0 Å². The number of H-pyrrole nitrogens is 1. The van der Waals surface area contributed by atoms with E-state index in [1.165, 1.54) is 11.8 Å². The zero-order valence-electron chi connectivity index (χ0n) is 10.9. The Hall–Kier alpha value is -2.26. The molecule has 4 N–H and O–H groups in total. The molecule has 0 aliphatic carbocycles. The Kier molecular flexibility index (Phi) is 3.20. The molecule has 8 nitrogen and oxygen atoms in total. The third-order valence-corrected chi connectivity index (χ3v) is 3.42. The van der Waals surface area contributed by atoms with E-state index in [0.717, 1.165) is 16.8 Å². The summed E-state index contributed by atoms with van der Waals surface area (Å²) in [6.45, 7) is 3.86. The van der Waals surface area contributed by atoms with Crippen LogP contribution in [-0.2, 0) is 0 Å². The van der Waals surface area contributed by atoms with Crippen molar-refractivity contribution in [2.75, 3.05) is 5.43 Å². The van der Waals surface area contributed by atoms with Gasteiger partial charge in [0.25, 0.3) is 0 Å². The lowest BCUT2D eigenvalue weighted by Crippen LogP contribution is -2.10. The van der Waals surface area contributed by atoms with Crippen molar-refractivity contribution in [1.29, 1.82) is 0 Å². The summed E-state index contributed by atoms with van der Waals surface area (Å²) in [4.78, 5) is 17.3. The van der Waals surface area contributed by atoms with Gasteiger partial charge in [-0.05, 0) is 31.7 Å². The number of fused-ring (bicyclic) bond motifs is 1. The van der Waals surface area contributed by atoms with Crippen LogP contribution in [0.1, 0.15) is 11.4 Å². The molecule has 0 aliphatic heterocycles. The molecule has 0 bridgehead atoms. The first-order chi connectivity index (χ1) is 9.65. The topological polar surface area (TPSA) is 118 Å². The third-order valence-electron chi connectivity index (χ3n) is 2.55. The molecule has 3 rings (SSSR count). The zero-order valence-corrected chi connectivity index (χ0v) is 11.7. The molecule has 0 fully saturated rings. The Bertz CT molecular complexity index is 748. The van der Waals surface area contributed by atoms with Crippen LogP contribution >= 0.6 is 11.8 Å². The maximum absolute atomic E-state index is 5.37. The summed E-state index contributed by atoms with van der Waals surface area (Å²) < 4.78 is 0. The molecule has 0 radical (unpaired) electrons. The molecular weight excluding hydrogens is 276 g/mol. The van der Waals surface area contributed by atoms with E-state index in [1.54, 1.807) is 6.20 Å². The van der Waals surface area contributed by atoms with E-state index in [4.69, 9.17) is 5.84 Å². The highest BCUT2D eigenvalue weighted by Crippen LogP contribution is 2.29. The molecule has 3 heterocycles. The van der Waals surface area contributed by atoms with Crippen molar-refractivity contribution in [2.24, 2.45) is 5.84 Å². The maximum Gasteiger partial charge on any atom is 0.240 e. The number of anilines is 1. The lowest BCUT2D eigenvalue weighted by molar-refractivity contribution is 0.899. The Morgan fingerprint density at radius 2 is 1.90 bits per heavy atom. The molecule has 0 aliphatic rings. The van der Waals surface area contributed by atoms with E-state index in [0.29, 0.717) is 21.8 Å². The minimum Gasteiger partial charge on any atom is -0.292 e. The van der Waals surface area contributed by atoms with Gasteiger partial charge in [-0.3, -0.25) is 10.5 Å². The lowest BCUT2D eigenvalue weighted by atomic mass is 10.4. The van der Waals surface area contributed by atoms with Crippen molar-refractivity contribution in [2.45, 2.75) is 24.0 Å². The van der Waals surface area contributed by atoms with E-state index in [9.17, 15) is 0 Å². The first kappa shape index (κ1) is 12.8. The van der Waals surface area contributed by atoms with Gasteiger partial charge in [-0.1, -0.05) is 0 Å². The summed E-state index contributed by atoms with van der Waals surface area (Å²) in [6.07, 6.45) is 1.67. The van der Waals surface area contributed by atoms with Crippen LogP contribution in [0.4, 0.5) is 5.95 Å². The summed E-state index contributed by atoms with van der Waals surface area (Å²) >= 11 is 1.35.